The average molecular weight is 213 g/mol. The van der Waals surface area contributed by atoms with Crippen LogP contribution in [0.4, 0.5) is 0 Å². The third-order valence-electron chi connectivity index (χ3n) is 1.97. The maximum atomic E-state index is 11.3. The molecule has 0 aliphatic rings. The topological polar surface area (TPSA) is 33.2 Å². The molecule has 1 aromatic heterocycles. The molecule has 14 heavy (non-hydrogen) atoms. The Morgan fingerprint density at radius 3 is 2.64 bits per heavy atom. The summed E-state index contributed by atoms with van der Waals surface area (Å²) >= 11 is 5.49. The molecule has 0 aliphatic carbocycles. The van der Waals surface area contributed by atoms with Crippen LogP contribution in [0.2, 0.25) is 0 Å². The van der Waals surface area contributed by atoms with E-state index in [9.17, 15) is 4.79 Å². The van der Waals surface area contributed by atoms with Gasteiger partial charge in [-0.1, -0.05) is 0 Å². The fourth-order valence-electron chi connectivity index (χ4n) is 1.17. The summed E-state index contributed by atoms with van der Waals surface area (Å²) in [6.07, 6.45) is 3.43. The van der Waals surface area contributed by atoms with Crippen LogP contribution in [0.5, 0.6) is 0 Å². The van der Waals surface area contributed by atoms with E-state index in [0.717, 1.165) is 5.56 Å². The largest absolute Gasteiger partial charge is 0.338 e. The van der Waals surface area contributed by atoms with Crippen LogP contribution < -0.4 is 0 Å². The molecule has 0 atom stereocenters. The van der Waals surface area contributed by atoms with Crippen LogP contribution in [-0.4, -0.2) is 28.2 Å². The van der Waals surface area contributed by atoms with Crippen LogP contribution in [0.1, 0.15) is 12.5 Å². The Labute approximate surface area is 88.7 Å². The first-order chi connectivity index (χ1) is 6.77. The second-order valence-electron chi connectivity index (χ2n) is 2.90. The monoisotopic (exact) mass is 212 g/mol. The molecular formula is C10H13ClN2O. The fraction of sp³-hybridized carbons (Fsp3) is 0.400. The van der Waals surface area contributed by atoms with Gasteiger partial charge in [-0.3, -0.25) is 9.78 Å². The van der Waals surface area contributed by atoms with E-state index in [4.69, 9.17) is 11.6 Å². The zero-order chi connectivity index (χ0) is 10.4. The third kappa shape index (κ3) is 3.00. The number of halogens is 1. The Bertz CT molecular complexity index is 289. The first-order valence-electron chi connectivity index (χ1n) is 4.50. The number of aromatic nitrogens is 1. The number of alkyl halides is 1. The predicted molar refractivity (Wildman–Crippen MR) is 56.0 cm³/mol. The summed E-state index contributed by atoms with van der Waals surface area (Å²) in [6, 6.07) is 3.79. The number of pyridine rings is 1. The highest BCUT2D eigenvalue weighted by molar-refractivity contribution is 6.27. The SMILES string of the molecule is CCN(Cc1ccncc1)C(=O)CCl. The van der Waals surface area contributed by atoms with Gasteiger partial charge in [-0.25, -0.2) is 0 Å². The van der Waals surface area contributed by atoms with Gasteiger partial charge in [0, 0.05) is 25.5 Å². The van der Waals surface area contributed by atoms with Crippen LogP contribution in [-0.2, 0) is 11.3 Å². The molecule has 0 aliphatic heterocycles. The quantitative estimate of drug-likeness (QED) is 0.712. The summed E-state index contributed by atoms with van der Waals surface area (Å²) in [7, 11) is 0. The van der Waals surface area contributed by atoms with Crippen LogP contribution in [0.3, 0.4) is 0 Å². The van der Waals surface area contributed by atoms with E-state index >= 15 is 0 Å². The molecular weight excluding hydrogens is 200 g/mol. The highest BCUT2D eigenvalue weighted by Gasteiger charge is 2.09. The second kappa shape index (κ2) is 5.60. The lowest BCUT2D eigenvalue weighted by Gasteiger charge is -2.19. The highest BCUT2D eigenvalue weighted by Crippen LogP contribution is 2.03. The van der Waals surface area contributed by atoms with Gasteiger partial charge in [-0.15, -0.1) is 11.6 Å². The molecule has 1 aromatic rings. The maximum Gasteiger partial charge on any atom is 0.237 e. The number of hydrogen-bond donors (Lipinski definition) is 0. The van der Waals surface area contributed by atoms with Crippen LogP contribution in [0.25, 0.3) is 0 Å². The van der Waals surface area contributed by atoms with Gasteiger partial charge in [-0.2, -0.15) is 0 Å². The molecule has 1 heterocycles. The molecule has 0 fully saturated rings. The van der Waals surface area contributed by atoms with Crippen molar-refractivity contribution in [2.75, 3.05) is 12.4 Å². The van der Waals surface area contributed by atoms with Crippen molar-refractivity contribution in [2.45, 2.75) is 13.5 Å². The summed E-state index contributed by atoms with van der Waals surface area (Å²) in [6.45, 7) is 3.21. The molecule has 1 rings (SSSR count). The predicted octanol–water partition coefficient (Wildman–Crippen LogP) is 1.67. The van der Waals surface area contributed by atoms with Crippen LogP contribution >= 0.6 is 11.6 Å². The van der Waals surface area contributed by atoms with Gasteiger partial charge >= 0.3 is 0 Å². The van der Waals surface area contributed by atoms with Gasteiger partial charge in [-0.05, 0) is 24.6 Å². The number of amides is 1. The number of carbonyl (C=O) groups is 1. The van der Waals surface area contributed by atoms with Crippen LogP contribution in [0.15, 0.2) is 24.5 Å². The van der Waals surface area contributed by atoms with E-state index in [-0.39, 0.29) is 11.8 Å². The van der Waals surface area contributed by atoms with Crippen molar-refractivity contribution >= 4 is 17.5 Å². The molecule has 1 amide bonds. The van der Waals surface area contributed by atoms with Crippen molar-refractivity contribution in [2.24, 2.45) is 0 Å². The van der Waals surface area contributed by atoms with E-state index in [1.807, 2.05) is 19.1 Å². The Hall–Kier alpha value is -1.09. The first-order valence-corrected chi connectivity index (χ1v) is 5.04. The molecule has 0 bridgehead atoms. The lowest BCUT2D eigenvalue weighted by atomic mass is 10.2. The van der Waals surface area contributed by atoms with Crippen molar-refractivity contribution in [3.63, 3.8) is 0 Å². The Morgan fingerprint density at radius 2 is 2.14 bits per heavy atom. The molecule has 0 saturated carbocycles. The fourth-order valence-corrected chi connectivity index (χ4v) is 1.34. The minimum Gasteiger partial charge on any atom is -0.338 e. The van der Waals surface area contributed by atoms with Gasteiger partial charge in [0.2, 0.25) is 5.91 Å². The van der Waals surface area contributed by atoms with Gasteiger partial charge in [0.25, 0.3) is 0 Å². The molecule has 0 aromatic carbocycles. The zero-order valence-corrected chi connectivity index (χ0v) is 8.87. The first kappa shape index (κ1) is 11.0. The molecule has 76 valence electrons. The van der Waals surface area contributed by atoms with Crippen LogP contribution in [0, 0.1) is 0 Å². The zero-order valence-electron chi connectivity index (χ0n) is 8.11. The summed E-state index contributed by atoms with van der Waals surface area (Å²) in [5.74, 6) is 0.00447. The van der Waals surface area contributed by atoms with Crippen molar-refractivity contribution in [3.8, 4) is 0 Å². The van der Waals surface area contributed by atoms with Crippen molar-refractivity contribution in [1.82, 2.24) is 9.88 Å². The Kier molecular flexibility index (Phi) is 4.40. The van der Waals surface area contributed by atoms with E-state index in [2.05, 4.69) is 4.98 Å². The molecule has 0 N–H and O–H groups in total. The summed E-state index contributed by atoms with van der Waals surface area (Å²) < 4.78 is 0. The lowest BCUT2D eigenvalue weighted by molar-refractivity contribution is -0.128. The number of nitrogens with zero attached hydrogens (tertiary/aromatic N) is 2. The maximum absolute atomic E-state index is 11.3. The van der Waals surface area contributed by atoms with Gasteiger partial charge in [0.05, 0.1) is 0 Å². The van der Waals surface area contributed by atoms with Gasteiger partial charge in [0.15, 0.2) is 0 Å². The van der Waals surface area contributed by atoms with E-state index in [1.54, 1.807) is 17.3 Å². The second-order valence-corrected chi connectivity index (χ2v) is 3.16. The summed E-state index contributed by atoms with van der Waals surface area (Å²) in [5.41, 5.74) is 1.07. The Balaban J connectivity index is 2.62. The molecule has 0 saturated heterocycles. The smallest absolute Gasteiger partial charge is 0.237 e. The minimum atomic E-state index is -0.0361. The van der Waals surface area contributed by atoms with Crippen molar-refractivity contribution in [1.29, 1.82) is 0 Å². The molecule has 4 heteroatoms. The van der Waals surface area contributed by atoms with Gasteiger partial charge in [0.1, 0.15) is 5.88 Å². The van der Waals surface area contributed by atoms with Crippen molar-refractivity contribution in [3.05, 3.63) is 30.1 Å². The summed E-state index contributed by atoms with van der Waals surface area (Å²) in [4.78, 5) is 17.0. The summed E-state index contributed by atoms with van der Waals surface area (Å²) in [5, 5.41) is 0. The van der Waals surface area contributed by atoms with E-state index in [1.165, 1.54) is 0 Å². The third-order valence-corrected chi connectivity index (χ3v) is 2.20. The van der Waals surface area contributed by atoms with E-state index in [0.29, 0.717) is 13.1 Å². The normalized spacial score (nSPS) is 9.86. The lowest BCUT2D eigenvalue weighted by Crippen LogP contribution is -2.31. The van der Waals surface area contributed by atoms with Gasteiger partial charge < -0.3 is 4.90 Å². The molecule has 3 nitrogen and oxygen atoms in total. The average Bonchev–Trinajstić information content (AvgIpc) is 2.26. The highest BCUT2D eigenvalue weighted by atomic mass is 35.5. The number of hydrogen-bond acceptors (Lipinski definition) is 2. The van der Waals surface area contributed by atoms with E-state index < -0.39 is 0 Å². The molecule has 0 unspecified atom stereocenters. The number of rotatable bonds is 4. The minimum absolute atomic E-state index is 0.0361. The number of carbonyl (C=O) groups excluding carboxylic acids is 1. The molecule has 0 spiro atoms. The standard InChI is InChI=1S/C10H13ClN2O/c1-2-13(10(14)7-11)8-9-3-5-12-6-4-9/h3-6H,2,7-8H2,1H3. The van der Waals surface area contributed by atoms with Crippen molar-refractivity contribution < 1.29 is 4.79 Å². The Morgan fingerprint density at radius 1 is 1.50 bits per heavy atom. The molecule has 0 radical (unpaired) electrons.